The molecular formula is C18H17ClFN3OS. The fourth-order valence-corrected chi connectivity index (χ4v) is 3.93. The second kappa shape index (κ2) is 7.06. The number of amidine groups is 1. The van der Waals surface area contributed by atoms with Crippen LogP contribution in [0.3, 0.4) is 0 Å². The maximum atomic E-state index is 13.1. The monoisotopic (exact) mass is 377 g/mol. The number of nitrogens with zero attached hydrogens (tertiary/aromatic N) is 1. The van der Waals surface area contributed by atoms with Crippen LogP contribution in [-0.4, -0.2) is 16.8 Å². The van der Waals surface area contributed by atoms with Crippen LogP contribution in [0.5, 0.6) is 0 Å². The van der Waals surface area contributed by atoms with Crippen molar-refractivity contribution in [1.29, 1.82) is 0 Å². The average molecular weight is 378 g/mol. The maximum Gasteiger partial charge on any atom is 0.257 e. The van der Waals surface area contributed by atoms with Crippen LogP contribution in [0.15, 0.2) is 47.5 Å². The Morgan fingerprint density at radius 3 is 2.88 bits per heavy atom. The molecule has 7 heteroatoms. The highest BCUT2D eigenvalue weighted by Crippen LogP contribution is 2.36. The van der Waals surface area contributed by atoms with E-state index in [-0.39, 0.29) is 10.6 Å². The summed E-state index contributed by atoms with van der Waals surface area (Å²) in [7, 11) is 0. The summed E-state index contributed by atoms with van der Waals surface area (Å²) < 4.78 is 13.1. The van der Waals surface area contributed by atoms with Gasteiger partial charge in [-0.2, -0.15) is 0 Å². The highest BCUT2D eigenvalue weighted by molar-refractivity contribution is 8.13. The molecule has 130 valence electrons. The van der Waals surface area contributed by atoms with Crippen LogP contribution in [0.2, 0.25) is 5.02 Å². The molecule has 3 rings (SSSR count). The van der Waals surface area contributed by atoms with Gasteiger partial charge in [-0.05, 0) is 49.2 Å². The topological polar surface area (TPSA) is 67.5 Å². The average Bonchev–Trinajstić information content (AvgIpc) is 2.54. The van der Waals surface area contributed by atoms with Crippen molar-refractivity contribution < 1.29 is 9.18 Å². The zero-order valence-electron chi connectivity index (χ0n) is 13.6. The molecule has 2 aromatic rings. The summed E-state index contributed by atoms with van der Waals surface area (Å²) in [6.45, 7) is 2.03. The second-order valence-electron chi connectivity index (χ2n) is 5.98. The maximum absolute atomic E-state index is 13.1. The van der Waals surface area contributed by atoms with E-state index in [2.05, 4.69) is 10.3 Å². The molecule has 1 atom stereocenters. The van der Waals surface area contributed by atoms with Crippen LogP contribution in [0, 0.1) is 5.82 Å². The Bertz CT molecular complexity index is 858. The van der Waals surface area contributed by atoms with E-state index in [1.807, 2.05) is 25.1 Å². The van der Waals surface area contributed by atoms with Gasteiger partial charge in [0, 0.05) is 11.4 Å². The van der Waals surface area contributed by atoms with Gasteiger partial charge in [0.25, 0.3) is 5.91 Å². The molecule has 0 aromatic heterocycles. The molecule has 2 aromatic carbocycles. The Labute approximate surface area is 154 Å². The Kier molecular flexibility index (Phi) is 5.01. The first-order valence-electron chi connectivity index (χ1n) is 7.72. The van der Waals surface area contributed by atoms with E-state index in [0.29, 0.717) is 10.9 Å². The van der Waals surface area contributed by atoms with Crippen LogP contribution < -0.4 is 11.1 Å². The standard InChI is InChI=1S/C18H17ClFN3OS/c1-18(7-8-25-17(21)23-18)11-3-2-4-13(9-11)22-16(24)14-6-5-12(20)10-15(14)19/h2-6,9-10H,7-8H2,1H3,(H2,21,23)(H,22,24). The van der Waals surface area contributed by atoms with E-state index >= 15 is 0 Å². The van der Waals surface area contributed by atoms with Gasteiger partial charge >= 0.3 is 0 Å². The third-order valence-electron chi connectivity index (χ3n) is 4.11. The number of anilines is 1. The van der Waals surface area contributed by atoms with E-state index in [1.165, 1.54) is 12.1 Å². The molecule has 0 saturated carbocycles. The van der Waals surface area contributed by atoms with Gasteiger partial charge in [0.05, 0.1) is 16.1 Å². The summed E-state index contributed by atoms with van der Waals surface area (Å²) in [6.07, 6.45) is 0.861. The molecule has 0 saturated heterocycles. The minimum atomic E-state index is -0.484. The van der Waals surface area contributed by atoms with E-state index in [0.717, 1.165) is 23.8 Å². The highest BCUT2D eigenvalue weighted by atomic mass is 35.5. The Morgan fingerprint density at radius 2 is 2.16 bits per heavy atom. The summed E-state index contributed by atoms with van der Waals surface area (Å²) in [5.74, 6) is 0.0183. The number of carbonyl (C=O) groups excluding carboxylic acids is 1. The predicted octanol–water partition coefficient (Wildman–Crippen LogP) is 4.40. The quantitative estimate of drug-likeness (QED) is 0.833. The number of aliphatic imine (C=N–C) groups is 1. The number of thioether (sulfide) groups is 1. The summed E-state index contributed by atoms with van der Waals surface area (Å²) in [5, 5.41) is 3.44. The van der Waals surface area contributed by atoms with Gasteiger partial charge in [-0.15, -0.1) is 0 Å². The SMILES string of the molecule is CC1(c2cccc(NC(=O)c3ccc(F)cc3Cl)c2)CCSC(N)=N1. The smallest absolute Gasteiger partial charge is 0.257 e. The Morgan fingerprint density at radius 1 is 1.36 bits per heavy atom. The van der Waals surface area contributed by atoms with Crippen molar-refractivity contribution in [3.05, 3.63) is 64.4 Å². The number of hydrogen-bond acceptors (Lipinski definition) is 4. The molecule has 25 heavy (non-hydrogen) atoms. The number of halogens is 2. The number of nitrogens with two attached hydrogens (primary N) is 1. The highest BCUT2D eigenvalue weighted by Gasteiger charge is 2.29. The van der Waals surface area contributed by atoms with Crippen molar-refractivity contribution in [1.82, 2.24) is 0 Å². The molecule has 3 N–H and O–H groups in total. The third-order valence-corrected chi connectivity index (χ3v) is 5.22. The summed E-state index contributed by atoms with van der Waals surface area (Å²) in [5.41, 5.74) is 7.27. The molecule has 0 spiro atoms. The van der Waals surface area contributed by atoms with Crippen molar-refractivity contribution in [3.8, 4) is 0 Å². The number of amides is 1. The molecule has 0 radical (unpaired) electrons. The fraction of sp³-hybridized carbons (Fsp3) is 0.222. The first-order chi connectivity index (χ1) is 11.9. The van der Waals surface area contributed by atoms with E-state index in [9.17, 15) is 9.18 Å². The molecule has 1 aliphatic rings. The number of hydrogen-bond donors (Lipinski definition) is 2. The van der Waals surface area contributed by atoms with Gasteiger partial charge in [0.15, 0.2) is 5.17 Å². The largest absolute Gasteiger partial charge is 0.379 e. The lowest BCUT2D eigenvalue weighted by atomic mass is 9.89. The lowest BCUT2D eigenvalue weighted by molar-refractivity contribution is 0.102. The molecule has 1 aliphatic heterocycles. The van der Waals surface area contributed by atoms with Crippen LogP contribution in [0.25, 0.3) is 0 Å². The summed E-state index contributed by atoms with van der Waals surface area (Å²) >= 11 is 7.49. The molecule has 1 amide bonds. The van der Waals surface area contributed by atoms with Crippen molar-refractivity contribution in [3.63, 3.8) is 0 Å². The van der Waals surface area contributed by atoms with E-state index in [1.54, 1.807) is 17.8 Å². The summed E-state index contributed by atoms with van der Waals surface area (Å²) in [6, 6.07) is 11.2. The lowest BCUT2D eigenvalue weighted by Crippen LogP contribution is -2.28. The number of carbonyl (C=O) groups is 1. The summed E-state index contributed by atoms with van der Waals surface area (Å²) in [4.78, 5) is 17.0. The Balaban J connectivity index is 1.85. The van der Waals surface area contributed by atoms with Crippen molar-refractivity contribution in [2.75, 3.05) is 11.1 Å². The van der Waals surface area contributed by atoms with Crippen LogP contribution in [0.4, 0.5) is 10.1 Å². The van der Waals surface area contributed by atoms with E-state index in [4.69, 9.17) is 17.3 Å². The first-order valence-corrected chi connectivity index (χ1v) is 9.09. The normalized spacial score (nSPS) is 20.0. The fourth-order valence-electron chi connectivity index (χ4n) is 2.70. The second-order valence-corrected chi connectivity index (χ2v) is 7.50. The minimum absolute atomic E-state index is 0.0716. The molecule has 0 fully saturated rings. The lowest BCUT2D eigenvalue weighted by Gasteiger charge is -2.30. The van der Waals surface area contributed by atoms with Gasteiger partial charge in [-0.1, -0.05) is 35.5 Å². The zero-order valence-corrected chi connectivity index (χ0v) is 15.1. The van der Waals surface area contributed by atoms with Crippen molar-refractivity contribution in [2.45, 2.75) is 18.9 Å². The Hall–Kier alpha value is -2.05. The number of benzene rings is 2. The molecular weight excluding hydrogens is 361 g/mol. The molecule has 0 bridgehead atoms. The molecule has 4 nitrogen and oxygen atoms in total. The number of nitrogens with one attached hydrogen (secondary N) is 1. The predicted molar refractivity (Wildman–Crippen MR) is 102 cm³/mol. The van der Waals surface area contributed by atoms with Crippen LogP contribution in [0.1, 0.15) is 29.3 Å². The van der Waals surface area contributed by atoms with Gasteiger partial charge < -0.3 is 11.1 Å². The van der Waals surface area contributed by atoms with Gasteiger partial charge in [0.2, 0.25) is 0 Å². The number of rotatable bonds is 3. The van der Waals surface area contributed by atoms with Gasteiger partial charge in [0.1, 0.15) is 5.82 Å². The van der Waals surface area contributed by atoms with Gasteiger partial charge in [-0.25, -0.2) is 4.39 Å². The first kappa shape index (κ1) is 17.8. The van der Waals surface area contributed by atoms with Crippen molar-refractivity contribution in [2.24, 2.45) is 10.7 Å². The molecule has 1 heterocycles. The molecule has 0 aliphatic carbocycles. The van der Waals surface area contributed by atoms with Crippen molar-refractivity contribution >= 4 is 40.1 Å². The minimum Gasteiger partial charge on any atom is -0.379 e. The van der Waals surface area contributed by atoms with E-state index < -0.39 is 17.3 Å². The van der Waals surface area contributed by atoms with Crippen LogP contribution >= 0.6 is 23.4 Å². The van der Waals surface area contributed by atoms with Crippen LogP contribution in [-0.2, 0) is 5.54 Å². The molecule has 1 unspecified atom stereocenters. The zero-order chi connectivity index (χ0) is 18.0. The third kappa shape index (κ3) is 3.96. The van der Waals surface area contributed by atoms with Gasteiger partial charge in [-0.3, -0.25) is 9.79 Å².